The van der Waals surface area contributed by atoms with Gasteiger partial charge in [0.1, 0.15) is 45.8 Å². The van der Waals surface area contributed by atoms with E-state index in [1.165, 1.54) is 13.2 Å². The van der Waals surface area contributed by atoms with Crippen molar-refractivity contribution in [2.75, 3.05) is 14.2 Å². The van der Waals surface area contributed by atoms with Crippen LogP contribution in [0, 0.1) is 0 Å². The van der Waals surface area contributed by atoms with Gasteiger partial charge in [-0.25, -0.2) is 4.79 Å². The summed E-state index contributed by atoms with van der Waals surface area (Å²) in [5, 5.41) is 47.8. The van der Waals surface area contributed by atoms with Crippen molar-refractivity contribution in [1.82, 2.24) is 0 Å². The first-order valence-corrected chi connectivity index (χ1v) is 18.7. The summed E-state index contributed by atoms with van der Waals surface area (Å²) in [5.74, 6) is 0.894. The van der Waals surface area contributed by atoms with Crippen molar-refractivity contribution in [3.8, 4) is 62.5 Å². The van der Waals surface area contributed by atoms with E-state index in [1.807, 2.05) is 63.2 Å². The number of phenolic OH excluding ortho intramolecular Hbond substituents is 4. The van der Waals surface area contributed by atoms with Crippen molar-refractivity contribution in [1.29, 1.82) is 0 Å². The van der Waals surface area contributed by atoms with Gasteiger partial charge in [0.05, 0.1) is 14.2 Å². The Morgan fingerprint density at radius 1 is 0.732 bits per heavy atom. The smallest absolute Gasteiger partial charge is 0.341 e. The number of rotatable bonds is 10. The van der Waals surface area contributed by atoms with Gasteiger partial charge in [0.25, 0.3) is 0 Å². The Balaban J connectivity index is 1.60. The molecule has 0 aromatic heterocycles. The van der Waals surface area contributed by atoms with Crippen LogP contribution in [-0.4, -0.2) is 40.6 Å². The standard InChI is InChI=1S/C48H50O8/c1-11-12-28-17-29(20-38(45(28)52)48(6,7)8)43-32-15-14-31(54-9)22-36(32)42(24-41(43)51)56-46-33(25(2)3)18-30(19-34(46)26(4)5)44-35-23-37(47(53)55-10)40(50)21-27(35)13-16-39(44)49/h11,13-26,49-52H,1,12H2,2-10H3. The van der Waals surface area contributed by atoms with Gasteiger partial charge in [-0.1, -0.05) is 60.6 Å². The van der Waals surface area contributed by atoms with Crippen molar-refractivity contribution in [2.24, 2.45) is 0 Å². The lowest BCUT2D eigenvalue weighted by Crippen LogP contribution is -2.12. The molecule has 0 unspecified atom stereocenters. The molecule has 0 aliphatic carbocycles. The summed E-state index contributed by atoms with van der Waals surface area (Å²) < 4.78 is 17.6. The van der Waals surface area contributed by atoms with Gasteiger partial charge >= 0.3 is 5.97 Å². The van der Waals surface area contributed by atoms with Gasteiger partial charge in [0.15, 0.2) is 0 Å². The third-order valence-electron chi connectivity index (χ3n) is 10.3. The fourth-order valence-electron chi connectivity index (χ4n) is 7.42. The lowest BCUT2D eigenvalue weighted by atomic mass is 9.82. The molecular weight excluding hydrogens is 705 g/mol. The van der Waals surface area contributed by atoms with E-state index in [1.54, 1.807) is 37.5 Å². The van der Waals surface area contributed by atoms with E-state index in [0.717, 1.165) is 27.6 Å². The summed E-state index contributed by atoms with van der Waals surface area (Å²) in [6, 6.07) is 21.4. The fraction of sp³-hybridized carbons (Fsp3) is 0.271. The Morgan fingerprint density at radius 2 is 1.38 bits per heavy atom. The average Bonchev–Trinajstić information content (AvgIpc) is 3.14. The molecule has 0 spiro atoms. The zero-order chi connectivity index (χ0) is 40.8. The first kappa shape index (κ1) is 39.5. The number of carbonyl (C=O) groups excluding carboxylic acids is 1. The number of aromatic hydroxyl groups is 4. The van der Waals surface area contributed by atoms with Gasteiger partial charge in [-0.15, -0.1) is 6.58 Å². The fourth-order valence-corrected chi connectivity index (χ4v) is 7.42. The zero-order valence-corrected chi connectivity index (χ0v) is 33.5. The molecule has 0 aliphatic heterocycles. The summed E-state index contributed by atoms with van der Waals surface area (Å²) in [7, 11) is 2.85. The highest BCUT2D eigenvalue weighted by molar-refractivity contribution is 6.06. The van der Waals surface area contributed by atoms with Crippen LogP contribution in [0.25, 0.3) is 43.8 Å². The van der Waals surface area contributed by atoms with Gasteiger partial charge in [-0.2, -0.15) is 0 Å². The van der Waals surface area contributed by atoms with Crippen LogP contribution in [0.1, 0.15) is 92.9 Å². The van der Waals surface area contributed by atoms with Gasteiger partial charge in [0, 0.05) is 28.1 Å². The van der Waals surface area contributed by atoms with E-state index < -0.39 is 5.97 Å². The first-order valence-electron chi connectivity index (χ1n) is 18.7. The Hall–Kier alpha value is -6.15. The Morgan fingerprint density at radius 3 is 1.96 bits per heavy atom. The molecule has 56 heavy (non-hydrogen) atoms. The number of carbonyl (C=O) groups is 1. The van der Waals surface area contributed by atoms with Gasteiger partial charge < -0.3 is 34.6 Å². The minimum atomic E-state index is -0.691. The number of hydrogen-bond donors (Lipinski definition) is 4. The third kappa shape index (κ3) is 7.19. The van der Waals surface area contributed by atoms with E-state index in [-0.39, 0.29) is 45.8 Å². The predicted octanol–water partition coefficient (Wildman–Crippen LogP) is 12.0. The molecule has 6 aromatic carbocycles. The molecule has 0 aliphatic rings. The van der Waals surface area contributed by atoms with E-state index in [4.69, 9.17) is 14.2 Å². The number of esters is 1. The van der Waals surface area contributed by atoms with E-state index in [0.29, 0.717) is 62.1 Å². The number of fused-ring (bicyclic) bond motifs is 2. The van der Waals surface area contributed by atoms with Crippen LogP contribution >= 0.6 is 0 Å². The molecule has 0 saturated carbocycles. The highest BCUT2D eigenvalue weighted by Gasteiger charge is 2.26. The summed E-state index contributed by atoms with van der Waals surface area (Å²) in [6.45, 7) is 18.3. The third-order valence-corrected chi connectivity index (χ3v) is 10.3. The molecule has 0 atom stereocenters. The lowest BCUT2D eigenvalue weighted by molar-refractivity contribution is 0.0597. The molecule has 0 radical (unpaired) electrons. The van der Waals surface area contributed by atoms with Gasteiger partial charge in [-0.3, -0.25) is 0 Å². The monoisotopic (exact) mass is 754 g/mol. The van der Waals surface area contributed by atoms with Crippen LogP contribution in [-0.2, 0) is 16.6 Å². The molecule has 0 amide bonds. The Labute approximate surface area is 328 Å². The quantitative estimate of drug-likeness (QED) is 0.0804. The zero-order valence-electron chi connectivity index (χ0n) is 33.5. The number of methoxy groups -OCH3 is 2. The van der Waals surface area contributed by atoms with Crippen molar-refractivity contribution < 1.29 is 39.4 Å². The topological polar surface area (TPSA) is 126 Å². The number of phenols is 4. The highest BCUT2D eigenvalue weighted by atomic mass is 16.5. The van der Waals surface area contributed by atoms with Gasteiger partial charge in [-0.05, 0) is 128 Å². The largest absolute Gasteiger partial charge is 0.507 e. The van der Waals surface area contributed by atoms with Crippen LogP contribution in [0.2, 0.25) is 0 Å². The molecule has 290 valence electrons. The normalized spacial score (nSPS) is 11.8. The molecule has 6 aromatic rings. The summed E-state index contributed by atoms with van der Waals surface area (Å²) in [4.78, 5) is 12.6. The molecule has 6 rings (SSSR count). The highest BCUT2D eigenvalue weighted by Crippen LogP contribution is 2.50. The van der Waals surface area contributed by atoms with E-state index in [2.05, 4.69) is 34.3 Å². The predicted molar refractivity (Wildman–Crippen MR) is 224 cm³/mol. The second-order valence-electron chi connectivity index (χ2n) is 15.9. The van der Waals surface area contributed by atoms with Crippen molar-refractivity contribution in [2.45, 2.75) is 72.1 Å². The summed E-state index contributed by atoms with van der Waals surface area (Å²) in [6.07, 6.45) is 2.20. The van der Waals surface area contributed by atoms with Crippen molar-refractivity contribution in [3.05, 3.63) is 113 Å². The molecule has 0 saturated heterocycles. The minimum Gasteiger partial charge on any atom is -0.507 e. The van der Waals surface area contributed by atoms with Crippen LogP contribution in [0.3, 0.4) is 0 Å². The molecular formula is C48H50O8. The maximum atomic E-state index is 12.6. The summed E-state index contributed by atoms with van der Waals surface area (Å²) in [5.41, 5.74) is 5.34. The maximum Gasteiger partial charge on any atom is 0.341 e. The molecule has 0 fully saturated rings. The van der Waals surface area contributed by atoms with Crippen LogP contribution in [0.15, 0.2) is 85.5 Å². The Bertz CT molecular complexity index is 2490. The minimum absolute atomic E-state index is 0.00641. The SMILES string of the molecule is C=CCc1cc(-c2c(O)cc(Oc3c(C(C)C)cc(-c4c(O)ccc5cc(O)c(C(=O)OC)cc45)cc3C(C)C)c3cc(OC)ccc23)cc(C(C)(C)C)c1O. The average molecular weight is 755 g/mol. The molecule has 4 N–H and O–H groups in total. The van der Waals surface area contributed by atoms with Crippen molar-refractivity contribution in [3.63, 3.8) is 0 Å². The second kappa shape index (κ2) is 15.2. The summed E-state index contributed by atoms with van der Waals surface area (Å²) >= 11 is 0. The number of benzene rings is 6. The lowest BCUT2D eigenvalue weighted by Gasteiger charge is -2.25. The van der Waals surface area contributed by atoms with Crippen molar-refractivity contribution >= 4 is 27.5 Å². The molecule has 8 heteroatoms. The molecule has 8 nitrogen and oxygen atoms in total. The number of hydrogen-bond acceptors (Lipinski definition) is 8. The molecule has 0 bridgehead atoms. The van der Waals surface area contributed by atoms with Crippen LogP contribution in [0.4, 0.5) is 0 Å². The number of allylic oxidation sites excluding steroid dienone is 1. The Kier molecular flexibility index (Phi) is 10.7. The van der Waals surface area contributed by atoms with Crippen LogP contribution < -0.4 is 9.47 Å². The molecule has 0 heterocycles. The first-order chi connectivity index (χ1) is 26.5. The maximum absolute atomic E-state index is 12.6. The number of ether oxygens (including phenoxy) is 3. The van der Waals surface area contributed by atoms with Crippen LogP contribution in [0.5, 0.6) is 40.2 Å². The van der Waals surface area contributed by atoms with E-state index >= 15 is 0 Å². The van der Waals surface area contributed by atoms with Gasteiger partial charge in [0.2, 0.25) is 0 Å². The van der Waals surface area contributed by atoms with E-state index in [9.17, 15) is 25.2 Å². The second-order valence-corrected chi connectivity index (χ2v) is 15.9.